The number of ketones is 1. The Morgan fingerprint density at radius 2 is 1.09 bits per heavy atom. The first-order chi connectivity index (χ1) is 35.0. The van der Waals surface area contributed by atoms with E-state index in [0.29, 0.717) is 5.57 Å². The number of hydrogen-bond acceptors (Lipinski definition) is 17. The lowest BCUT2D eigenvalue weighted by Crippen LogP contribution is -2.51. The molecule has 21 nitrogen and oxygen atoms in total. The van der Waals surface area contributed by atoms with Gasteiger partial charge >= 0.3 is 27.4 Å². The summed E-state index contributed by atoms with van der Waals surface area (Å²) in [6.07, 6.45) is 0.200. The summed E-state index contributed by atoms with van der Waals surface area (Å²) in [6, 6.07) is 14.1. The number of hydrogen-bond donors (Lipinski definition) is 4. The van der Waals surface area contributed by atoms with Crippen LogP contribution in [0.5, 0.6) is 11.5 Å². The summed E-state index contributed by atoms with van der Waals surface area (Å²) >= 11 is 0. The summed E-state index contributed by atoms with van der Waals surface area (Å²) in [5.41, 5.74) is -4.23. The summed E-state index contributed by atoms with van der Waals surface area (Å²) in [5, 5.41) is 26.4. The standard InChI is InChI=1S/C25H32FN2O8P.C24H30FN2O9P/c1-16-12-13-28(21(29)14-16)24-25(3,26)22(30)20(35-24)15-33-37(32,36-19-8-5-4-6-9-19)27-17(2)23(31)34-18-10-7-11-18;1-15(22(31)34-17-9-6-10-17)26-37(32,36-18-7-4-3-5-8-18)33-14-19-21(30)24(2,25)23(35-19)27-12-11-16(28)13-20(27)29/h4-6,8-9,12-13,17-18,20,22,24,30H,1,7,10-11,14-15H2,2-3H3,(H,27,32);3-5,7-8,11-12,15,17,19,21,23,30H,6,9-10,13-14H2,1-2H3,(H,26,32)/t17-,20+,22+,24+,25+,37+;15-,19+,21+,23+,24+,37-/m00/s1. The van der Waals surface area contributed by atoms with Crippen LogP contribution in [0, 0.1) is 0 Å². The second-order valence-corrected chi connectivity index (χ2v) is 22.4. The van der Waals surface area contributed by atoms with Crippen molar-refractivity contribution in [1.82, 2.24) is 20.0 Å². The predicted octanol–water partition coefficient (Wildman–Crippen LogP) is 5.77. The molecule has 2 aromatic rings. The van der Waals surface area contributed by atoms with Crippen LogP contribution in [0.25, 0.3) is 0 Å². The third kappa shape index (κ3) is 13.8. The highest BCUT2D eigenvalue weighted by atomic mass is 31.2. The maximum absolute atomic E-state index is 15.6. The molecule has 2 saturated carbocycles. The molecule has 0 radical (unpaired) electrons. The lowest BCUT2D eigenvalue weighted by molar-refractivity contribution is -0.155. The van der Waals surface area contributed by atoms with E-state index in [0.717, 1.165) is 74.4 Å². The number of rotatable bonds is 20. The number of esters is 2. The summed E-state index contributed by atoms with van der Waals surface area (Å²) in [6.45, 7) is 7.62. The van der Waals surface area contributed by atoms with Gasteiger partial charge in [0, 0.05) is 12.4 Å². The monoisotopic (exact) mass is 1080 g/mol. The minimum absolute atomic E-state index is 0.0113. The molecule has 2 aromatic carbocycles. The quantitative estimate of drug-likeness (QED) is 0.0696. The molecule has 4 heterocycles. The van der Waals surface area contributed by atoms with Crippen molar-refractivity contribution < 1.29 is 89.1 Å². The average Bonchev–Trinajstić information content (AvgIpc) is 3.68. The molecule has 0 unspecified atom stereocenters. The van der Waals surface area contributed by atoms with Gasteiger partial charge in [-0.15, -0.1) is 0 Å². The summed E-state index contributed by atoms with van der Waals surface area (Å²) in [4.78, 5) is 63.1. The lowest BCUT2D eigenvalue weighted by atomic mass is 9.96. The summed E-state index contributed by atoms with van der Waals surface area (Å²) < 4.78 is 103. The van der Waals surface area contributed by atoms with Crippen molar-refractivity contribution in [1.29, 1.82) is 0 Å². The van der Waals surface area contributed by atoms with E-state index in [9.17, 15) is 43.3 Å². The first-order valence-corrected chi connectivity index (χ1v) is 27.2. The predicted molar refractivity (Wildman–Crippen MR) is 258 cm³/mol. The van der Waals surface area contributed by atoms with Crippen LogP contribution in [0.15, 0.2) is 97.4 Å². The van der Waals surface area contributed by atoms with E-state index >= 15 is 8.78 Å². The Hall–Kier alpha value is -5.19. The molecule has 4 fully saturated rings. The van der Waals surface area contributed by atoms with E-state index in [1.807, 2.05) is 0 Å². The second kappa shape index (κ2) is 23.8. The van der Waals surface area contributed by atoms with Crippen LogP contribution in [-0.4, -0.2) is 135 Å². The van der Waals surface area contributed by atoms with E-state index in [1.54, 1.807) is 54.6 Å². The Kier molecular flexibility index (Phi) is 18.2. The van der Waals surface area contributed by atoms with Gasteiger partial charge in [-0.25, -0.2) is 17.9 Å². The van der Waals surface area contributed by atoms with Gasteiger partial charge in [0.25, 0.3) is 0 Å². The van der Waals surface area contributed by atoms with Gasteiger partial charge in [-0.2, -0.15) is 10.2 Å². The molecule has 0 aromatic heterocycles. The van der Waals surface area contributed by atoms with Crippen molar-refractivity contribution in [3.63, 3.8) is 0 Å². The Labute approximate surface area is 426 Å². The average molecular weight is 1080 g/mol. The van der Waals surface area contributed by atoms with Crippen LogP contribution in [0.3, 0.4) is 0 Å². The van der Waals surface area contributed by atoms with Gasteiger partial charge in [0.1, 0.15) is 60.2 Å². The number of carbonyl (C=O) groups excluding carboxylic acids is 5. The van der Waals surface area contributed by atoms with Crippen molar-refractivity contribution in [2.45, 2.75) is 152 Å². The van der Waals surface area contributed by atoms with E-state index in [4.69, 9.17) is 37.0 Å². The van der Waals surface area contributed by atoms with Crippen molar-refractivity contribution >= 4 is 45.0 Å². The van der Waals surface area contributed by atoms with E-state index in [1.165, 1.54) is 32.2 Å². The van der Waals surface area contributed by atoms with E-state index < -0.39 is 125 Å². The van der Waals surface area contributed by atoms with Crippen molar-refractivity contribution in [3.8, 4) is 11.5 Å². The number of carbonyl (C=O) groups is 5. The Morgan fingerprint density at radius 3 is 1.46 bits per heavy atom. The highest BCUT2D eigenvalue weighted by Crippen LogP contribution is 2.49. The van der Waals surface area contributed by atoms with Crippen LogP contribution in [-0.2, 0) is 61.1 Å². The zero-order chi connectivity index (χ0) is 53.6. The largest absolute Gasteiger partial charge is 0.461 e. The number of amides is 2. The van der Waals surface area contributed by atoms with Gasteiger partial charge in [0.05, 0.1) is 26.1 Å². The first kappa shape index (κ1) is 56.5. The Morgan fingerprint density at radius 1 is 0.703 bits per heavy atom. The second-order valence-electron chi connectivity index (χ2n) is 19.0. The Bertz CT molecular complexity index is 2360. The number of aliphatic hydroxyl groups excluding tert-OH is 2. The molecule has 0 bridgehead atoms. The van der Waals surface area contributed by atoms with Gasteiger partial charge in [-0.05, 0) is 108 Å². The zero-order valence-corrected chi connectivity index (χ0v) is 43.0. The normalized spacial score (nSPS) is 30.5. The van der Waals surface area contributed by atoms with Gasteiger partial charge in [-0.3, -0.25) is 42.8 Å². The minimum Gasteiger partial charge on any atom is -0.461 e. The van der Waals surface area contributed by atoms with Crippen molar-refractivity contribution in [2.24, 2.45) is 0 Å². The molecule has 2 aliphatic carbocycles. The summed E-state index contributed by atoms with van der Waals surface area (Å²) in [5.74, 6) is -2.44. The fourth-order valence-corrected chi connectivity index (χ4v) is 11.1. The highest BCUT2D eigenvalue weighted by Gasteiger charge is 2.59. The number of para-hydroxylation sites is 2. The molecular formula is C49H62F2N4O17P2. The van der Waals surface area contributed by atoms with Crippen molar-refractivity contribution in [3.05, 3.63) is 97.4 Å². The molecule has 4 aliphatic heterocycles. The van der Waals surface area contributed by atoms with E-state index in [2.05, 4.69) is 16.8 Å². The van der Waals surface area contributed by atoms with Gasteiger partial charge in [0.2, 0.25) is 11.8 Å². The molecule has 4 N–H and O–H groups in total. The molecule has 6 aliphatic rings. The number of benzene rings is 2. The minimum atomic E-state index is -4.28. The smallest absolute Gasteiger partial charge is 0.459 e. The zero-order valence-electron chi connectivity index (χ0n) is 41.2. The van der Waals surface area contributed by atoms with Gasteiger partial charge in [0.15, 0.2) is 29.6 Å². The van der Waals surface area contributed by atoms with Crippen molar-refractivity contribution in [2.75, 3.05) is 13.2 Å². The number of ether oxygens (including phenoxy) is 4. The van der Waals surface area contributed by atoms with Crippen LogP contribution in [0.2, 0.25) is 0 Å². The molecule has 404 valence electrons. The molecule has 12 atom stereocenters. The highest BCUT2D eigenvalue weighted by molar-refractivity contribution is 7.52. The fraction of sp³-hybridized carbons (Fsp3) is 0.531. The number of allylic oxidation sites excluding steroid dienone is 2. The number of nitrogens with zero attached hydrogens (tertiary/aromatic N) is 2. The number of halogens is 2. The maximum atomic E-state index is 15.6. The molecule has 2 amide bonds. The SMILES string of the molecule is C=C1C=CN([C@@H]2O[C@H](CO[P@](=O)(N[C@@H](C)C(=O)OC3CCC3)Oc3ccccc3)[C@@H](O)[C@@]2(C)F)C(=O)C1.C[C@H](N[P@](=O)(OC[C@H]1O[C@@H](N2C=CC(=O)CC2=O)[C@](C)(F)[C@@H]1O)Oc1ccccc1)C(=O)OC1CCC1. The molecule has 8 rings (SSSR count). The fourth-order valence-electron chi connectivity index (χ4n) is 8.13. The molecule has 74 heavy (non-hydrogen) atoms. The summed E-state index contributed by atoms with van der Waals surface area (Å²) in [7, 11) is -8.53. The van der Waals surface area contributed by atoms with Crippen LogP contribution in [0.4, 0.5) is 8.78 Å². The van der Waals surface area contributed by atoms with Crippen LogP contribution < -0.4 is 19.2 Å². The topological polar surface area (TPSA) is 264 Å². The molecular weight excluding hydrogens is 1020 g/mol. The van der Waals surface area contributed by atoms with E-state index in [-0.39, 0.29) is 30.1 Å². The number of aliphatic hydroxyl groups is 2. The van der Waals surface area contributed by atoms with Gasteiger partial charge < -0.3 is 38.2 Å². The van der Waals surface area contributed by atoms with Crippen LogP contribution >= 0.6 is 15.5 Å². The first-order valence-electron chi connectivity index (χ1n) is 24.2. The third-order valence-electron chi connectivity index (χ3n) is 12.9. The maximum Gasteiger partial charge on any atom is 0.459 e. The molecule has 2 saturated heterocycles. The lowest BCUT2D eigenvalue weighted by Gasteiger charge is -2.33. The molecule has 0 spiro atoms. The van der Waals surface area contributed by atoms with Gasteiger partial charge in [-0.1, -0.05) is 43.0 Å². The molecule has 25 heteroatoms. The number of nitrogens with one attached hydrogen (secondary N) is 2. The third-order valence-corrected chi connectivity index (χ3v) is 16.2. The number of alkyl halides is 2. The Balaban J connectivity index is 0.000000216. The van der Waals surface area contributed by atoms with Crippen LogP contribution in [0.1, 0.15) is 79.1 Å².